The van der Waals surface area contributed by atoms with Gasteiger partial charge in [0.2, 0.25) is 0 Å². The average molecular weight is 251 g/mol. The zero-order chi connectivity index (χ0) is 13.0. The predicted octanol–water partition coefficient (Wildman–Crippen LogP) is 4.62. The Morgan fingerprint density at radius 1 is 0.944 bits per heavy atom. The molecule has 2 rings (SSSR count). The Balaban J connectivity index is 1.95. The Morgan fingerprint density at radius 2 is 1.61 bits per heavy atom. The smallest absolute Gasteiger partial charge is 0.0120 e. The van der Waals surface area contributed by atoms with E-state index in [0.29, 0.717) is 0 Å². The van der Waals surface area contributed by atoms with Gasteiger partial charge in [0.05, 0.1) is 0 Å². The van der Waals surface area contributed by atoms with Gasteiger partial charge in [-0.2, -0.15) is 0 Å². The molecule has 106 valence electrons. The second-order valence-corrected chi connectivity index (χ2v) is 6.77. The van der Waals surface area contributed by atoms with Crippen molar-refractivity contribution in [2.75, 3.05) is 7.05 Å². The average Bonchev–Trinajstić information content (AvgIpc) is 2.44. The molecule has 0 bridgehead atoms. The number of hydrogen-bond acceptors (Lipinski definition) is 1. The number of rotatable bonds is 5. The van der Waals surface area contributed by atoms with E-state index in [9.17, 15) is 0 Å². The summed E-state index contributed by atoms with van der Waals surface area (Å²) in [4.78, 5) is 0. The molecule has 1 N–H and O–H groups in total. The minimum absolute atomic E-state index is 0.780. The van der Waals surface area contributed by atoms with E-state index in [4.69, 9.17) is 0 Å². The maximum absolute atomic E-state index is 3.67. The number of fused-ring (bicyclic) bond motifs is 1. The monoisotopic (exact) mass is 251 g/mol. The molecular formula is C17H33N. The van der Waals surface area contributed by atoms with E-state index in [-0.39, 0.29) is 0 Å². The highest BCUT2D eigenvalue weighted by Crippen LogP contribution is 2.44. The van der Waals surface area contributed by atoms with Crippen LogP contribution in [0.3, 0.4) is 0 Å². The van der Waals surface area contributed by atoms with Gasteiger partial charge in [-0.15, -0.1) is 0 Å². The zero-order valence-corrected chi connectivity index (χ0v) is 12.8. The van der Waals surface area contributed by atoms with Gasteiger partial charge in [-0.25, -0.2) is 0 Å². The van der Waals surface area contributed by atoms with E-state index in [2.05, 4.69) is 26.2 Å². The van der Waals surface area contributed by atoms with Crippen molar-refractivity contribution >= 4 is 0 Å². The lowest BCUT2D eigenvalue weighted by molar-refractivity contribution is 0.0936. The third-order valence-corrected chi connectivity index (χ3v) is 5.98. The van der Waals surface area contributed by atoms with E-state index in [1.165, 1.54) is 57.8 Å². The summed E-state index contributed by atoms with van der Waals surface area (Å²) in [6, 6.07) is 0.780. The van der Waals surface area contributed by atoms with Gasteiger partial charge in [-0.3, -0.25) is 0 Å². The first-order valence-electron chi connectivity index (χ1n) is 8.47. The van der Waals surface area contributed by atoms with Crippen molar-refractivity contribution in [1.29, 1.82) is 0 Å². The summed E-state index contributed by atoms with van der Waals surface area (Å²) >= 11 is 0. The maximum Gasteiger partial charge on any atom is 0.0120 e. The molecule has 4 atom stereocenters. The summed E-state index contributed by atoms with van der Waals surface area (Å²) in [6.45, 7) is 4.73. The Bertz CT molecular complexity index is 234. The van der Waals surface area contributed by atoms with Crippen LogP contribution in [0.4, 0.5) is 0 Å². The Labute approximate surface area is 114 Å². The molecular weight excluding hydrogens is 218 g/mol. The van der Waals surface area contributed by atoms with Crippen LogP contribution in [0, 0.1) is 23.7 Å². The molecule has 0 spiro atoms. The SMILES string of the molecule is CCC(CC)C(NC)C1CCC2CCCCC2C1. The highest BCUT2D eigenvalue weighted by Gasteiger charge is 2.36. The normalized spacial score (nSPS) is 34.3. The summed E-state index contributed by atoms with van der Waals surface area (Å²) in [7, 11) is 2.19. The fourth-order valence-corrected chi connectivity index (χ4v) is 4.89. The van der Waals surface area contributed by atoms with E-state index in [1.54, 1.807) is 0 Å². The Kier molecular flexibility index (Phi) is 5.54. The van der Waals surface area contributed by atoms with Gasteiger partial charge < -0.3 is 5.32 Å². The topological polar surface area (TPSA) is 12.0 Å². The lowest BCUT2D eigenvalue weighted by Crippen LogP contribution is -2.43. The molecule has 18 heavy (non-hydrogen) atoms. The van der Waals surface area contributed by atoms with Crippen molar-refractivity contribution in [1.82, 2.24) is 5.32 Å². The van der Waals surface area contributed by atoms with Crippen LogP contribution in [0.15, 0.2) is 0 Å². The minimum atomic E-state index is 0.780. The van der Waals surface area contributed by atoms with E-state index < -0.39 is 0 Å². The van der Waals surface area contributed by atoms with Crippen molar-refractivity contribution in [3.05, 3.63) is 0 Å². The van der Waals surface area contributed by atoms with Crippen LogP contribution in [0.1, 0.15) is 71.6 Å². The van der Waals surface area contributed by atoms with Crippen molar-refractivity contribution in [2.24, 2.45) is 23.7 Å². The molecule has 1 heteroatoms. The van der Waals surface area contributed by atoms with Gasteiger partial charge >= 0.3 is 0 Å². The lowest BCUT2D eigenvalue weighted by Gasteiger charge is -2.43. The summed E-state index contributed by atoms with van der Waals surface area (Å²) in [6.07, 6.45) is 13.3. The van der Waals surface area contributed by atoms with Crippen molar-refractivity contribution in [2.45, 2.75) is 77.7 Å². The molecule has 2 saturated carbocycles. The Hall–Kier alpha value is -0.0400. The van der Waals surface area contributed by atoms with Crippen LogP contribution >= 0.6 is 0 Å². The molecule has 1 nitrogen and oxygen atoms in total. The fourth-order valence-electron chi connectivity index (χ4n) is 4.89. The van der Waals surface area contributed by atoms with Crippen LogP contribution < -0.4 is 5.32 Å². The summed E-state index contributed by atoms with van der Waals surface area (Å²) in [5.74, 6) is 4.01. The van der Waals surface area contributed by atoms with Gasteiger partial charge in [0.25, 0.3) is 0 Å². The van der Waals surface area contributed by atoms with Gasteiger partial charge in [0.1, 0.15) is 0 Å². The maximum atomic E-state index is 3.67. The molecule has 0 aromatic rings. The first kappa shape index (κ1) is 14.4. The molecule has 0 heterocycles. The second-order valence-electron chi connectivity index (χ2n) is 6.77. The van der Waals surface area contributed by atoms with E-state index in [1.807, 2.05) is 0 Å². The summed E-state index contributed by atoms with van der Waals surface area (Å²) in [5, 5.41) is 3.67. The lowest BCUT2D eigenvalue weighted by atomic mass is 9.64. The molecule has 0 aromatic carbocycles. The minimum Gasteiger partial charge on any atom is -0.316 e. The first-order chi connectivity index (χ1) is 8.80. The highest BCUT2D eigenvalue weighted by molar-refractivity contribution is 4.90. The first-order valence-corrected chi connectivity index (χ1v) is 8.47. The van der Waals surface area contributed by atoms with Crippen LogP contribution in [0.25, 0.3) is 0 Å². The number of hydrogen-bond donors (Lipinski definition) is 1. The molecule has 0 aliphatic heterocycles. The molecule has 0 radical (unpaired) electrons. The van der Waals surface area contributed by atoms with E-state index in [0.717, 1.165) is 29.7 Å². The van der Waals surface area contributed by atoms with Crippen LogP contribution in [0.5, 0.6) is 0 Å². The summed E-state index contributed by atoms with van der Waals surface area (Å²) in [5.41, 5.74) is 0. The van der Waals surface area contributed by atoms with Gasteiger partial charge in [0.15, 0.2) is 0 Å². The third-order valence-electron chi connectivity index (χ3n) is 5.98. The second kappa shape index (κ2) is 6.93. The standard InChI is InChI=1S/C17H33N/c1-4-13(5-2)17(18-3)16-11-10-14-8-6-7-9-15(14)12-16/h13-18H,4-12H2,1-3H3. The molecule has 0 amide bonds. The molecule has 0 saturated heterocycles. The van der Waals surface area contributed by atoms with Crippen molar-refractivity contribution in [3.8, 4) is 0 Å². The zero-order valence-electron chi connectivity index (χ0n) is 12.8. The molecule has 4 unspecified atom stereocenters. The van der Waals surface area contributed by atoms with Gasteiger partial charge in [0, 0.05) is 6.04 Å². The largest absolute Gasteiger partial charge is 0.316 e. The highest BCUT2D eigenvalue weighted by atomic mass is 14.9. The molecule has 0 aromatic heterocycles. The van der Waals surface area contributed by atoms with Crippen molar-refractivity contribution < 1.29 is 0 Å². The molecule has 2 fully saturated rings. The number of nitrogens with one attached hydrogen (secondary N) is 1. The Morgan fingerprint density at radius 3 is 2.22 bits per heavy atom. The van der Waals surface area contributed by atoms with Gasteiger partial charge in [-0.05, 0) is 50.0 Å². The quantitative estimate of drug-likeness (QED) is 0.752. The van der Waals surface area contributed by atoms with Crippen LogP contribution in [-0.2, 0) is 0 Å². The summed E-state index contributed by atoms with van der Waals surface area (Å²) < 4.78 is 0. The van der Waals surface area contributed by atoms with Gasteiger partial charge in [-0.1, -0.05) is 52.4 Å². The predicted molar refractivity (Wildman–Crippen MR) is 79.7 cm³/mol. The molecule has 2 aliphatic rings. The van der Waals surface area contributed by atoms with Crippen molar-refractivity contribution in [3.63, 3.8) is 0 Å². The van der Waals surface area contributed by atoms with Crippen LogP contribution in [-0.4, -0.2) is 13.1 Å². The fraction of sp³-hybridized carbons (Fsp3) is 1.00. The molecule has 2 aliphatic carbocycles. The van der Waals surface area contributed by atoms with E-state index >= 15 is 0 Å². The van der Waals surface area contributed by atoms with Crippen LogP contribution in [0.2, 0.25) is 0 Å². The third kappa shape index (κ3) is 3.10.